The van der Waals surface area contributed by atoms with Gasteiger partial charge in [-0.15, -0.1) is 0 Å². The minimum atomic E-state index is -1.26. The van der Waals surface area contributed by atoms with E-state index < -0.39 is 48.0 Å². The summed E-state index contributed by atoms with van der Waals surface area (Å²) in [6, 6.07) is -2.46. The molecule has 178 valence electrons. The number of ether oxygens (including phenoxy) is 1. The van der Waals surface area contributed by atoms with Crippen molar-refractivity contribution < 1.29 is 29.0 Å². The first kappa shape index (κ1) is 26.8. The molecule has 4 atom stereocenters. The van der Waals surface area contributed by atoms with Crippen molar-refractivity contribution in [3.8, 4) is 0 Å². The predicted molar refractivity (Wildman–Crippen MR) is 115 cm³/mol. The number of hydrogen-bond donors (Lipinski definition) is 5. The predicted octanol–water partition coefficient (Wildman–Crippen LogP) is 0.290. The smallest absolute Gasteiger partial charge is 0.407 e. The number of nitrogens with one attached hydrogen (secondary N) is 4. The molecule has 1 aliphatic rings. The number of Topliss-reactive ketones (excluding diaryl/α,β-unsaturated/α-hetero) is 1. The van der Waals surface area contributed by atoms with Crippen molar-refractivity contribution >= 4 is 23.7 Å². The molecule has 0 aliphatic carbocycles. The molecule has 0 aromatic rings. The molecule has 1 rings (SSSR count). The summed E-state index contributed by atoms with van der Waals surface area (Å²) in [4.78, 5) is 48.3. The Kier molecular flexibility index (Phi) is 9.89. The van der Waals surface area contributed by atoms with Crippen LogP contribution in [0.3, 0.4) is 0 Å². The molecule has 1 aliphatic heterocycles. The van der Waals surface area contributed by atoms with Gasteiger partial charge in [0, 0.05) is 6.54 Å². The number of hydrogen-bond acceptors (Lipinski definition) is 7. The number of carbonyl (C=O) groups is 4. The first-order valence-electron chi connectivity index (χ1n) is 10.7. The summed E-state index contributed by atoms with van der Waals surface area (Å²) < 4.78 is 5.20. The summed E-state index contributed by atoms with van der Waals surface area (Å²) in [6.07, 6.45) is -1.53. The van der Waals surface area contributed by atoms with Crippen LogP contribution in [0.1, 0.15) is 54.9 Å². The molecule has 31 heavy (non-hydrogen) atoms. The van der Waals surface area contributed by atoms with Crippen molar-refractivity contribution in [1.29, 1.82) is 0 Å². The van der Waals surface area contributed by atoms with E-state index in [0.29, 0.717) is 6.42 Å². The zero-order chi connectivity index (χ0) is 23.9. The second-order valence-electron chi connectivity index (χ2n) is 9.99. The zero-order valence-corrected chi connectivity index (χ0v) is 19.6. The van der Waals surface area contributed by atoms with E-state index in [1.165, 1.54) is 0 Å². The molecule has 0 aromatic carbocycles. The second kappa shape index (κ2) is 11.4. The van der Waals surface area contributed by atoms with Crippen LogP contribution in [-0.2, 0) is 19.1 Å². The van der Waals surface area contributed by atoms with Gasteiger partial charge in [0.05, 0.1) is 18.7 Å². The Balaban J connectivity index is 2.80. The largest absolute Gasteiger partial charge is 0.449 e. The van der Waals surface area contributed by atoms with E-state index in [2.05, 4.69) is 21.3 Å². The maximum absolute atomic E-state index is 12.9. The lowest BCUT2D eigenvalue weighted by atomic mass is 9.98. The molecule has 0 aromatic heterocycles. The lowest BCUT2D eigenvalue weighted by Crippen LogP contribution is -2.59. The molecule has 5 N–H and O–H groups in total. The first-order chi connectivity index (χ1) is 14.2. The fourth-order valence-electron chi connectivity index (χ4n) is 3.02. The SMILES string of the molecule is CC(C)CC(NC(=O)C(NC(=O)OCC(C)(C)C)C(C)C)C(O)NC1CNC(=O)C1=O. The van der Waals surface area contributed by atoms with Crippen molar-refractivity contribution in [2.24, 2.45) is 17.3 Å². The van der Waals surface area contributed by atoms with Gasteiger partial charge in [0.1, 0.15) is 12.3 Å². The Morgan fingerprint density at radius 1 is 1.16 bits per heavy atom. The number of aliphatic hydroxyl groups is 1. The molecule has 4 unspecified atom stereocenters. The molecule has 3 amide bonds. The Bertz CT molecular complexity index is 659. The molecule has 1 fully saturated rings. The number of alkyl carbamates (subject to hydrolysis) is 1. The third-order valence-electron chi connectivity index (χ3n) is 4.67. The van der Waals surface area contributed by atoms with Gasteiger partial charge in [0.15, 0.2) is 0 Å². The van der Waals surface area contributed by atoms with Gasteiger partial charge in [0.25, 0.3) is 5.91 Å². The van der Waals surface area contributed by atoms with E-state index in [9.17, 15) is 24.3 Å². The van der Waals surface area contributed by atoms with Gasteiger partial charge in [-0.2, -0.15) is 0 Å². The van der Waals surface area contributed by atoms with Crippen LogP contribution in [0.25, 0.3) is 0 Å². The quantitative estimate of drug-likeness (QED) is 0.241. The van der Waals surface area contributed by atoms with E-state index in [4.69, 9.17) is 4.74 Å². The standard InChI is InChI=1S/C21H38N4O6/c1-11(2)8-13(17(27)24-14-9-22-19(29)16(14)26)23-18(28)15(12(3)4)25-20(30)31-10-21(5,6)7/h11-15,17,24,27H,8-10H2,1-7H3,(H,22,29)(H,23,28)(H,25,30). The number of rotatable bonds is 10. The van der Waals surface area contributed by atoms with Gasteiger partial charge in [-0.05, 0) is 23.7 Å². The summed E-state index contributed by atoms with van der Waals surface area (Å²) in [7, 11) is 0. The van der Waals surface area contributed by atoms with Crippen LogP contribution >= 0.6 is 0 Å². The van der Waals surface area contributed by atoms with Crippen molar-refractivity contribution in [3.05, 3.63) is 0 Å². The Labute approximate surface area is 184 Å². The van der Waals surface area contributed by atoms with E-state index in [-0.39, 0.29) is 30.4 Å². The van der Waals surface area contributed by atoms with E-state index >= 15 is 0 Å². The fraction of sp³-hybridized carbons (Fsp3) is 0.810. The highest BCUT2D eigenvalue weighted by Gasteiger charge is 2.36. The molecule has 10 heteroatoms. The molecule has 1 heterocycles. The molecule has 10 nitrogen and oxygen atoms in total. The summed E-state index contributed by atoms with van der Waals surface area (Å²) in [5.41, 5.74) is -0.209. The van der Waals surface area contributed by atoms with Crippen molar-refractivity contribution in [3.63, 3.8) is 0 Å². The van der Waals surface area contributed by atoms with Gasteiger partial charge in [-0.25, -0.2) is 4.79 Å². The van der Waals surface area contributed by atoms with Crippen LogP contribution in [-0.4, -0.2) is 66.3 Å². The number of ketones is 1. The maximum atomic E-state index is 12.9. The minimum Gasteiger partial charge on any atom is -0.449 e. The molecule has 1 saturated heterocycles. The molecule has 0 spiro atoms. The van der Waals surface area contributed by atoms with Crippen LogP contribution < -0.4 is 21.3 Å². The maximum Gasteiger partial charge on any atom is 0.407 e. The zero-order valence-electron chi connectivity index (χ0n) is 19.6. The summed E-state index contributed by atoms with van der Waals surface area (Å²) in [5, 5.41) is 21.1. The molecule has 0 radical (unpaired) electrons. The highest BCUT2D eigenvalue weighted by Crippen LogP contribution is 2.14. The fourth-order valence-corrected chi connectivity index (χ4v) is 3.02. The molecular formula is C21H38N4O6. The highest BCUT2D eigenvalue weighted by atomic mass is 16.5. The van der Waals surface area contributed by atoms with E-state index in [0.717, 1.165) is 0 Å². The first-order valence-corrected chi connectivity index (χ1v) is 10.7. The van der Waals surface area contributed by atoms with Crippen LogP contribution in [0, 0.1) is 17.3 Å². The lowest BCUT2D eigenvalue weighted by Gasteiger charge is -2.30. The summed E-state index contributed by atoms with van der Waals surface area (Å²) >= 11 is 0. The minimum absolute atomic E-state index is 0.0763. The number of aliphatic hydroxyl groups excluding tert-OH is 1. The Morgan fingerprint density at radius 2 is 1.77 bits per heavy atom. The van der Waals surface area contributed by atoms with Crippen LogP contribution in [0.2, 0.25) is 0 Å². The molecular weight excluding hydrogens is 404 g/mol. The van der Waals surface area contributed by atoms with Gasteiger partial charge < -0.3 is 25.8 Å². The number of carbonyl (C=O) groups excluding carboxylic acids is 4. The molecule has 0 bridgehead atoms. The highest BCUT2D eigenvalue weighted by molar-refractivity contribution is 6.40. The Hall–Kier alpha value is -2.20. The van der Waals surface area contributed by atoms with Crippen LogP contribution in [0.4, 0.5) is 4.79 Å². The second-order valence-corrected chi connectivity index (χ2v) is 9.99. The van der Waals surface area contributed by atoms with Gasteiger partial charge >= 0.3 is 6.09 Å². The van der Waals surface area contributed by atoms with E-state index in [1.54, 1.807) is 13.8 Å². The van der Waals surface area contributed by atoms with Gasteiger partial charge in [0.2, 0.25) is 11.7 Å². The van der Waals surface area contributed by atoms with Gasteiger partial charge in [-0.3, -0.25) is 19.7 Å². The third kappa shape index (κ3) is 9.22. The number of amides is 3. The van der Waals surface area contributed by atoms with Crippen molar-refractivity contribution in [2.75, 3.05) is 13.2 Å². The molecule has 0 saturated carbocycles. The topological polar surface area (TPSA) is 146 Å². The van der Waals surface area contributed by atoms with Crippen molar-refractivity contribution in [2.45, 2.75) is 79.2 Å². The third-order valence-corrected chi connectivity index (χ3v) is 4.67. The summed E-state index contributed by atoms with van der Waals surface area (Å²) in [5.74, 6) is -1.93. The van der Waals surface area contributed by atoms with Gasteiger partial charge in [-0.1, -0.05) is 48.5 Å². The summed E-state index contributed by atoms with van der Waals surface area (Å²) in [6.45, 7) is 13.5. The van der Waals surface area contributed by atoms with E-state index in [1.807, 2.05) is 34.6 Å². The van der Waals surface area contributed by atoms with Crippen molar-refractivity contribution in [1.82, 2.24) is 21.3 Å². The Morgan fingerprint density at radius 3 is 2.23 bits per heavy atom. The van der Waals surface area contributed by atoms with Crippen LogP contribution in [0.5, 0.6) is 0 Å². The average molecular weight is 443 g/mol. The monoisotopic (exact) mass is 442 g/mol. The normalized spacial score (nSPS) is 19.7. The average Bonchev–Trinajstić information content (AvgIpc) is 2.94. The lowest BCUT2D eigenvalue weighted by molar-refractivity contribution is -0.136. The van der Waals surface area contributed by atoms with Crippen LogP contribution in [0.15, 0.2) is 0 Å².